The SMILES string of the molecule is CC(C)(CNCc1ccc2c(c1)CCCC2)C1(O)CCCCC1. The fourth-order valence-corrected chi connectivity index (χ4v) is 4.39. The lowest BCUT2D eigenvalue weighted by Crippen LogP contribution is -2.51. The predicted octanol–water partition coefficient (Wildman–Crippen LogP) is 4.38. The summed E-state index contributed by atoms with van der Waals surface area (Å²) in [5.41, 5.74) is 3.94. The van der Waals surface area contributed by atoms with E-state index in [9.17, 15) is 5.11 Å². The molecule has 0 aromatic heterocycles. The Kier molecular flexibility index (Phi) is 5.13. The topological polar surface area (TPSA) is 32.3 Å². The summed E-state index contributed by atoms with van der Waals surface area (Å²) in [5.74, 6) is 0. The largest absolute Gasteiger partial charge is 0.389 e. The summed E-state index contributed by atoms with van der Waals surface area (Å²) in [6.07, 6.45) is 10.7. The number of hydrogen-bond acceptors (Lipinski definition) is 2. The smallest absolute Gasteiger partial charge is 0.0710 e. The first-order valence-corrected chi connectivity index (χ1v) is 9.54. The fraction of sp³-hybridized carbons (Fsp3) is 0.714. The van der Waals surface area contributed by atoms with Gasteiger partial charge in [0.15, 0.2) is 0 Å². The van der Waals surface area contributed by atoms with Gasteiger partial charge < -0.3 is 10.4 Å². The molecule has 2 heteroatoms. The average molecular weight is 316 g/mol. The van der Waals surface area contributed by atoms with Crippen LogP contribution in [0.25, 0.3) is 0 Å². The molecule has 0 saturated heterocycles. The van der Waals surface area contributed by atoms with Crippen molar-refractivity contribution in [2.45, 2.75) is 83.8 Å². The van der Waals surface area contributed by atoms with Crippen LogP contribution < -0.4 is 5.32 Å². The van der Waals surface area contributed by atoms with E-state index in [-0.39, 0.29) is 5.41 Å². The van der Waals surface area contributed by atoms with E-state index in [1.807, 2.05) is 0 Å². The third-order valence-corrected chi connectivity index (χ3v) is 6.25. The van der Waals surface area contributed by atoms with Crippen molar-refractivity contribution in [2.24, 2.45) is 5.41 Å². The van der Waals surface area contributed by atoms with Crippen molar-refractivity contribution in [1.29, 1.82) is 0 Å². The van der Waals surface area contributed by atoms with Gasteiger partial charge in [-0.3, -0.25) is 0 Å². The molecular formula is C21H33NO. The molecule has 0 heterocycles. The van der Waals surface area contributed by atoms with Crippen LogP contribution in [-0.4, -0.2) is 17.3 Å². The van der Waals surface area contributed by atoms with Gasteiger partial charge in [-0.1, -0.05) is 51.3 Å². The molecule has 2 aliphatic rings. The first-order valence-electron chi connectivity index (χ1n) is 9.54. The Morgan fingerprint density at radius 1 is 1.00 bits per heavy atom. The molecular weight excluding hydrogens is 282 g/mol. The number of aryl methyl sites for hydroxylation is 2. The van der Waals surface area contributed by atoms with Gasteiger partial charge in [0.1, 0.15) is 0 Å². The second kappa shape index (κ2) is 6.94. The van der Waals surface area contributed by atoms with Crippen molar-refractivity contribution in [2.75, 3.05) is 6.54 Å². The maximum absolute atomic E-state index is 11.0. The van der Waals surface area contributed by atoms with E-state index in [4.69, 9.17) is 0 Å². The van der Waals surface area contributed by atoms with E-state index in [2.05, 4.69) is 37.4 Å². The van der Waals surface area contributed by atoms with Gasteiger partial charge >= 0.3 is 0 Å². The van der Waals surface area contributed by atoms with Gasteiger partial charge in [0.05, 0.1) is 5.60 Å². The normalized spacial score (nSPS) is 21.0. The minimum Gasteiger partial charge on any atom is -0.389 e. The molecule has 0 amide bonds. The molecule has 2 N–H and O–H groups in total. The van der Waals surface area contributed by atoms with E-state index < -0.39 is 5.60 Å². The lowest BCUT2D eigenvalue weighted by molar-refractivity contribution is -0.0919. The Hall–Kier alpha value is -0.860. The van der Waals surface area contributed by atoms with Gasteiger partial charge in [-0.25, -0.2) is 0 Å². The minimum absolute atomic E-state index is 0.0678. The van der Waals surface area contributed by atoms with Crippen LogP contribution in [0.5, 0.6) is 0 Å². The van der Waals surface area contributed by atoms with E-state index >= 15 is 0 Å². The number of fused-ring (bicyclic) bond motifs is 1. The Balaban J connectivity index is 1.56. The van der Waals surface area contributed by atoms with E-state index in [1.165, 1.54) is 50.5 Å². The molecule has 0 aliphatic heterocycles. The highest BCUT2D eigenvalue weighted by Crippen LogP contribution is 2.41. The summed E-state index contributed by atoms with van der Waals surface area (Å²) < 4.78 is 0. The van der Waals surface area contributed by atoms with Crippen LogP contribution >= 0.6 is 0 Å². The molecule has 128 valence electrons. The molecule has 0 bridgehead atoms. The zero-order valence-electron chi connectivity index (χ0n) is 15.0. The van der Waals surface area contributed by atoms with Crippen molar-refractivity contribution in [3.8, 4) is 0 Å². The molecule has 0 radical (unpaired) electrons. The van der Waals surface area contributed by atoms with Crippen LogP contribution in [0.1, 0.15) is 75.5 Å². The Bertz CT molecular complexity index is 529. The fourth-order valence-electron chi connectivity index (χ4n) is 4.39. The number of benzene rings is 1. The summed E-state index contributed by atoms with van der Waals surface area (Å²) in [4.78, 5) is 0. The van der Waals surface area contributed by atoms with Gasteiger partial charge in [0.25, 0.3) is 0 Å². The zero-order valence-corrected chi connectivity index (χ0v) is 15.0. The van der Waals surface area contributed by atoms with E-state index in [0.29, 0.717) is 0 Å². The molecule has 2 aliphatic carbocycles. The summed E-state index contributed by atoms with van der Waals surface area (Å²) in [7, 11) is 0. The monoisotopic (exact) mass is 315 g/mol. The first-order chi connectivity index (χ1) is 11.0. The molecule has 0 unspecified atom stereocenters. The Labute approximate surface area is 141 Å². The maximum Gasteiger partial charge on any atom is 0.0710 e. The van der Waals surface area contributed by atoms with Crippen molar-refractivity contribution < 1.29 is 5.11 Å². The minimum atomic E-state index is -0.492. The van der Waals surface area contributed by atoms with Crippen LogP contribution in [0.4, 0.5) is 0 Å². The van der Waals surface area contributed by atoms with Gasteiger partial charge in [-0.05, 0) is 55.2 Å². The van der Waals surface area contributed by atoms with E-state index in [0.717, 1.165) is 25.9 Å². The average Bonchev–Trinajstić information content (AvgIpc) is 2.55. The number of hydrogen-bond donors (Lipinski definition) is 2. The van der Waals surface area contributed by atoms with Crippen molar-refractivity contribution >= 4 is 0 Å². The van der Waals surface area contributed by atoms with Crippen LogP contribution in [0.3, 0.4) is 0 Å². The summed E-state index contributed by atoms with van der Waals surface area (Å²) in [5, 5.41) is 14.6. The molecule has 0 spiro atoms. The second-order valence-electron chi connectivity index (χ2n) is 8.39. The number of aliphatic hydroxyl groups is 1. The quantitative estimate of drug-likeness (QED) is 0.845. The van der Waals surface area contributed by atoms with Crippen LogP contribution in [0.2, 0.25) is 0 Å². The third-order valence-electron chi connectivity index (χ3n) is 6.25. The van der Waals surface area contributed by atoms with E-state index in [1.54, 1.807) is 11.1 Å². The van der Waals surface area contributed by atoms with Crippen molar-refractivity contribution in [3.63, 3.8) is 0 Å². The molecule has 1 aromatic rings. The number of nitrogens with one attached hydrogen (secondary N) is 1. The molecule has 1 aromatic carbocycles. The lowest BCUT2D eigenvalue weighted by atomic mass is 9.67. The zero-order chi connectivity index (χ0) is 16.3. The highest BCUT2D eigenvalue weighted by atomic mass is 16.3. The maximum atomic E-state index is 11.0. The van der Waals surface area contributed by atoms with Gasteiger partial charge in [-0.15, -0.1) is 0 Å². The molecule has 1 fully saturated rings. The standard InChI is InChI=1S/C21H33NO/c1-20(2,21(23)12-6-3-7-13-21)16-22-15-17-10-11-18-8-4-5-9-19(18)14-17/h10-11,14,22-23H,3-9,12-13,15-16H2,1-2H3. The van der Waals surface area contributed by atoms with Gasteiger partial charge in [0.2, 0.25) is 0 Å². The highest BCUT2D eigenvalue weighted by Gasteiger charge is 2.43. The van der Waals surface area contributed by atoms with Crippen molar-refractivity contribution in [1.82, 2.24) is 5.32 Å². The van der Waals surface area contributed by atoms with Gasteiger partial charge in [0, 0.05) is 18.5 Å². The summed E-state index contributed by atoms with van der Waals surface area (Å²) in [6, 6.07) is 6.99. The first kappa shape index (κ1) is 17.0. The Morgan fingerprint density at radius 3 is 2.43 bits per heavy atom. The molecule has 3 rings (SSSR count). The number of rotatable bonds is 5. The lowest BCUT2D eigenvalue weighted by Gasteiger charge is -2.45. The van der Waals surface area contributed by atoms with Crippen LogP contribution in [-0.2, 0) is 19.4 Å². The molecule has 0 atom stereocenters. The third kappa shape index (κ3) is 3.80. The Morgan fingerprint density at radius 2 is 1.70 bits per heavy atom. The van der Waals surface area contributed by atoms with Crippen molar-refractivity contribution in [3.05, 3.63) is 34.9 Å². The molecule has 2 nitrogen and oxygen atoms in total. The van der Waals surface area contributed by atoms with Crippen LogP contribution in [0, 0.1) is 5.41 Å². The van der Waals surface area contributed by atoms with Gasteiger partial charge in [-0.2, -0.15) is 0 Å². The molecule has 23 heavy (non-hydrogen) atoms. The molecule has 1 saturated carbocycles. The highest BCUT2D eigenvalue weighted by molar-refractivity contribution is 5.33. The summed E-state index contributed by atoms with van der Waals surface area (Å²) >= 11 is 0. The second-order valence-corrected chi connectivity index (χ2v) is 8.39. The summed E-state index contributed by atoms with van der Waals surface area (Å²) in [6.45, 7) is 6.23. The van der Waals surface area contributed by atoms with Crippen LogP contribution in [0.15, 0.2) is 18.2 Å². The predicted molar refractivity (Wildman–Crippen MR) is 96.6 cm³/mol.